The Morgan fingerprint density at radius 2 is 2.00 bits per heavy atom. The summed E-state index contributed by atoms with van der Waals surface area (Å²) in [5.74, 6) is 1.49. The van der Waals surface area contributed by atoms with Crippen LogP contribution in [-0.4, -0.2) is 82.5 Å². The lowest BCUT2D eigenvalue weighted by atomic mass is 9.76. The number of hydrogen-bond acceptors (Lipinski definition) is 7. The second-order valence-corrected chi connectivity index (χ2v) is 12.4. The number of rotatable bonds is 10. The van der Waals surface area contributed by atoms with E-state index >= 15 is 0 Å². The summed E-state index contributed by atoms with van der Waals surface area (Å²) in [4.78, 5) is 18.3. The summed E-state index contributed by atoms with van der Waals surface area (Å²) in [7, 11) is 0. The fourth-order valence-corrected chi connectivity index (χ4v) is 6.73. The van der Waals surface area contributed by atoms with E-state index in [1.807, 2.05) is 16.8 Å². The van der Waals surface area contributed by atoms with Crippen LogP contribution in [0.25, 0.3) is 23.2 Å². The summed E-state index contributed by atoms with van der Waals surface area (Å²) >= 11 is 5.80. The van der Waals surface area contributed by atoms with Gasteiger partial charge in [0, 0.05) is 43.0 Å². The SMILES string of the molecule is C=C(/C=c1/[nH]c(CCC2CC(N(C[C@H]3C[C@@H](n4ccc5c(N)ncnc54)[C@H](O)[C@@H]3O)C(C)C)C2)n/c1=C/CCl)C(F)(F)F. The lowest BCUT2D eigenvalue weighted by Crippen LogP contribution is -2.51. The zero-order chi connectivity index (χ0) is 31.1. The molecule has 0 amide bonds. The van der Waals surface area contributed by atoms with E-state index in [0.29, 0.717) is 54.0 Å². The molecule has 3 heterocycles. The van der Waals surface area contributed by atoms with Crippen molar-refractivity contribution in [3.05, 3.63) is 47.3 Å². The molecule has 0 spiro atoms. The summed E-state index contributed by atoms with van der Waals surface area (Å²) in [6, 6.07) is 2.13. The van der Waals surface area contributed by atoms with Gasteiger partial charge >= 0.3 is 6.18 Å². The standard InChI is InChI=1S/C30H39ClF3N7O2/c1-16(2)41(14-19-13-24(27(43)26(19)42)40-9-7-21-28(35)36-15-37-29(21)40)20-11-18(12-20)4-5-25-38-22(6-8-31)23(39-25)10-17(3)30(32,33)34/h6-7,9-10,15-16,18-20,24,26-27,42-43H,3-5,8,11-14H2,1-2H3,(H,38,39)(H2,35,36,37)/b22-6+,23-10+/t18?,19-,20?,24-,26-,27+/m1/s1. The zero-order valence-corrected chi connectivity index (χ0v) is 25.1. The quantitative estimate of drug-likeness (QED) is 0.256. The number of anilines is 1. The molecule has 4 atom stereocenters. The second kappa shape index (κ2) is 12.6. The predicted octanol–water partition coefficient (Wildman–Crippen LogP) is 3.06. The number of aryl methyl sites for hydroxylation is 1. The molecule has 5 rings (SSSR count). The molecule has 13 heteroatoms. The molecule has 0 radical (unpaired) electrons. The molecule has 9 nitrogen and oxygen atoms in total. The lowest BCUT2D eigenvalue weighted by Gasteiger charge is -2.46. The molecule has 0 saturated heterocycles. The van der Waals surface area contributed by atoms with Crippen LogP contribution in [0.15, 0.2) is 30.7 Å². The van der Waals surface area contributed by atoms with E-state index in [1.165, 1.54) is 6.33 Å². The number of aliphatic hydroxyl groups excluding tert-OH is 2. The molecule has 2 fully saturated rings. The van der Waals surface area contributed by atoms with Crippen LogP contribution in [0.4, 0.5) is 19.0 Å². The van der Waals surface area contributed by atoms with E-state index in [2.05, 4.69) is 45.3 Å². The summed E-state index contributed by atoms with van der Waals surface area (Å²) in [6.45, 7) is 8.08. The minimum Gasteiger partial charge on any atom is -0.390 e. The van der Waals surface area contributed by atoms with E-state index in [-0.39, 0.29) is 29.2 Å². The largest absolute Gasteiger partial charge is 0.415 e. The average Bonchev–Trinajstić information content (AvgIpc) is 3.59. The van der Waals surface area contributed by atoms with Crippen LogP contribution in [0.3, 0.4) is 0 Å². The Hall–Kier alpha value is -2.93. The first-order valence-electron chi connectivity index (χ1n) is 14.6. The number of aromatic nitrogens is 5. The van der Waals surface area contributed by atoms with E-state index < -0.39 is 24.0 Å². The molecule has 2 saturated carbocycles. The van der Waals surface area contributed by atoms with Crippen LogP contribution < -0.4 is 16.4 Å². The number of fused-ring (bicyclic) bond motifs is 1. The highest BCUT2D eigenvalue weighted by Crippen LogP contribution is 2.41. The van der Waals surface area contributed by atoms with Crippen LogP contribution in [0, 0.1) is 11.8 Å². The number of imidazole rings is 1. The number of aromatic amines is 1. The fourth-order valence-electron chi connectivity index (χ4n) is 6.58. The number of hydrogen-bond donors (Lipinski definition) is 4. The third-order valence-corrected chi connectivity index (χ3v) is 9.16. The molecule has 5 N–H and O–H groups in total. The Labute approximate surface area is 253 Å². The summed E-state index contributed by atoms with van der Waals surface area (Å²) in [5, 5.41) is 23.4. The lowest BCUT2D eigenvalue weighted by molar-refractivity contribution is -0.0862. The number of H-pyrrole nitrogens is 1. The molecule has 2 aliphatic rings. The number of nitrogen functional groups attached to an aromatic ring is 1. The summed E-state index contributed by atoms with van der Waals surface area (Å²) in [6.07, 6.45) is 3.54. The number of alkyl halides is 4. The normalized spacial score (nSPS) is 27.1. The number of nitrogens with zero attached hydrogens (tertiary/aromatic N) is 5. The Kier molecular flexibility index (Phi) is 9.22. The highest BCUT2D eigenvalue weighted by Gasteiger charge is 2.45. The molecule has 0 aliphatic heterocycles. The van der Waals surface area contributed by atoms with Crippen LogP contribution in [-0.2, 0) is 6.42 Å². The molecule has 0 bridgehead atoms. The zero-order valence-electron chi connectivity index (χ0n) is 24.3. The minimum absolute atomic E-state index is 0.112. The number of nitrogens with two attached hydrogens (primary N) is 1. The van der Waals surface area contributed by atoms with Crippen molar-refractivity contribution in [1.29, 1.82) is 0 Å². The van der Waals surface area contributed by atoms with Crippen LogP contribution in [0.5, 0.6) is 0 Å². The topological polar surface area (TPSA) is 129 Å². The Balaban J connectivity index is 1.19. The first-order chi connectivity index (χ1) is 20.4. The molecular formula is C30H39ClF3N7O2. The van der Waals surface area contributed by atoms with E-state index in [4.69, 9.17) is 17.3 Å². The molecule has 2 aliphatic carbocycles. The van der Waals surface area contributed by atoms with Crippen molar-refractivity contribution in [2.45, 2.75) is 82.5 Å². The van der Waals surface area contributed by atoms with Gasteiger partial charge in [0.2, 0.25) is 0 Å². The van der Waals surface area contributed by atoms with Crippen molar-refractivity contribution in [1.82, 2.24) is 29.4 Å². The first kappa shape index (κ1) is 31.5. The smallest absolute Gasteiger partial charge is 0.390 e. The van der Waals surface area contributed by atoms with Crippen LogP contribution in [0.2, 0.25) is 0 Å². The maximum Gasteiger partial charge on any atom is 0.415 e. The number of aliphatic hydroxyl groups is 2. The number of halogens is 4. The van der Waals surface area contributed by atoms with Gasteiger partial charge in [0.15, 0.2) is 0 Å². The third kappa shape index (κ3) is 6.62. The Morgan fingerprint density at radius 1 is 1.26 bits per heavy atom. The maximum atomic E-state index is 13.0. The van der Waals surface area contributed by atoms with Gasteiger partial charge in [-0.25, -0.2) is 15.0 Å². The van der Waals surface area contributed by atoms with Crippen molar-refractivity contribution in [3.63, 3.8) is 0 Å². The number of allylic oxidation sites excluding steroid dienone is 1. The molecule has 43 heavy (non-hydrogen) atoms. The van der Waals surface area contributed by atoms with Gasteiger partial charge < -0.3 is 25.5 Å². The van der Waals surface area contributed by atoms with Crippen LogP contribution >= 0.6 is 11.6 Å². The first-order valence-corrected chi connectivity index (χ1v) is 15.2. The van der Waals surface area contributed by atoms with Gasteiger partial charge in [0.05, 0.1) is 33.8 Å². The van der Waals surface area contributed by atoms with Gasteiger partial charge in [-0.3, -0.25) is 4.90 Å². The molecule has 0 aromatic carbocycles. The minimum atomic E-state index is -4.51. The average molecular weight is 622 g/mol. The van der Waals surface area contributed by atoms with Crippen molar-refractivity contribution < 1.29 is 23.4 Å². The maximum absolute atomic E-state index is 13.0. The molecule has 0 unspecified atom stereocenters. The van der Waals surface area contributed by atoms with E-state index in [0.717, 1.165) is 30.7 Å². The van der Waals surface area contributed by atoms with E-state index in [9.17, 15) is 23.4 Å². The molecule has 3 aromatic heterocycles. The molecule has 3 aromatic rings. The Morgan fingerprint density at radius 3 is 2.67 bits per heavy atom. The monoisotopic (exact) mass is 621 g/mol. The van der Waals surface area contributed by atoms with E-state index in [1.54, 1.807) is 6.08 Å². The second-order valence-electron chi connectivity index (χ2n) is 12.1. The summed E-state index contributed by atoms with van der Waals surface area (Å²) in [5.41, 5.74) is 5.69. The van der Waals surface area contributed by atoms with Gasteiger partial charge in [-0.05, 0) is 63.7 Å². The molecular weight excluding hydrogens is 583 g/mol. The van der Waals surface area contributed by atoms with Crippen molar-refractivity contribution in [2.24, 2.45) is 11.8 Å². The van der Waals surface area contributed by atoms with Gasteiger partial charge in [-0.1, -0.05) is 6.58 Å². The third-order valence-electron chi connectivity index (χ3n) is 9.01. The predicted molar refractivity (Wildman–Crippen MR) is 160 cm³/mol. The van der Waals surface area contributed by atoms with Gasteiger partial charge in [-0.15, -0.1) is 11.6 Å². The van der Waals surface area contributed by atoms with Gasteiger partial charge in [-0.2, -0.15) is 13.2 Å². The highest BCUT2D eigenvalue weighted by molar-refractivity contribution is 6.20. The van der Waals surface area contributed by atoms with Crippen molar-refractivity contribution in [2.75, 3.05) is 18.2 Å². The molecule has 234 valence electrons. The van der Waals surface area contributed by atoms with Crippen molar-refractivity contribution >= 4 is 40.6 Å². The number of nitrogens with one attached hydrogen (secondary N) is 1. The van der Waals surface area contributed by atoms with Crippen molar-refractivity contribution in [3.8, 4) is 0 Å². The fraction of sp³-hybridized carbons (Fsp3) is 0.567. The highest BCUT2D eigenvalue weighted by atomic mass is 35.5. The van der Waals surface area contributed by atoms with Crippen LogP contribution in [0.1, 0.15) is 51.4 Å². The summed E-state index contributed by atoms with van der Waals surface area (Å²) < 4.78 is 40.9. The van der Waals surface area contributed by atoms with Gasteiger partial charge in [0.25, 0.3) is 0 Å². The Bertz CT molecular complexity index is 1560. The van der Waals surface area contributed by atoms with Gasteiger partial charge in [0.1, 0.15) is 29.7 Å².